The predicted octanol–water partition coefficient (Wildman–Crippen LogP) is 3.92. The van der Waals surface area contributed by atoms with Gasteiger partial charge < -0.3 is 10.2 Å². The predicted molar refractivity (Wildman–Crippen MR) is 103 cm³/mol. The third-order valence-electron chi connectivity index (χ3n) is 4.40. The van der Waals surface area contributed by atoms with Gasteiger partial charge in [-0.25, -0.2) is 4.98 Å². The van der Waals surface area contributed by atoms with Gasteiger partial charge in [-0.1, -0.05) is 12.1 Å². The summed E-state index contributed by atoms with van der Waals surface area (Å²) in [4.78, 5) is 25.5. The van der Waals surface area contributed by atoms with Crippen LogP contribution in [-0.2, 0) is 0 Å². The van der Waals surface area contributed by atoms with Gasteiger partial charge in [0.2, 0.25) is 0 Å². The summed E-state index contributed by atoms with van der Waals surface area (Å²) in [6, 6.07) is 14.7. The molecule has 10 heteroatoms. The monoisotopic (exact) mass is 392 g/mol. The first kappa shape index (κ1) is 17.9. The first-order chi connectivity index (χ1) is 13.9. The zero-order valence-electron chi connectivity index (χ0n) is 14.6. The number of aromatic nitrogens is 2. The number of nitrogens with zero attached hydrogens (tertiary/aromatic N) is 4. The van der Waals surface area contributed by atoms with Crippen molar-refractivity contribution >= 4 is 22.4 Å². The molecule has 1 heterocycles. The Balaban J connectivity index is 2.03. The van der Waals surface area contributed by atoms with Gasteiger partial charge in [-0.2, -0.15) is 0 Å². The summed E-state index contributed by atoms with van der Waals surface area (Å²) >= 11 is 0. The van der Waals surface area contributed by atoms with Crippen LogP contribution in [0.1, 0.15) is 0 Å². The van der Waals surface area contributed by atoms with Crippen LogP contribution in [0.15, 0.2) is 60.7 Å². The lowest BCUT2D eigenvalue weighted by atomic mass is 10.1. The fraction of sp³-hybridized carbons (Fsp3) is 0. The lowest BCUT2D eigenvalue weighted by Crippen LogP contribution is -2.00. The van der Waals surface area contributed by atoms with Crippen molar-refractivity contribution in [3.8, 4) is 28.6 Å². The molecular weight excluding hydrogens is 380 g/mol. The van der Waals surface area contributed by atoms with Gasteiger partial charge in [0.05, 0.1) is 26.6 Å². The number of phenolic OH excluding ortho intramolecular Hbond substituents is 2. The molecule has 0 fully saturated rings. The smallest absolute Gasteiger partial charge is 0.312 e. The van der Waals surface area contributed by atoms with Crippen LogP contribution in [0.4, 0.5) is 11.4 Å². The highest BCUT2D eigenvalue weighted by Gasteiger charge is 2.21. The molecule has 0 atom stereocenters. The molecular formula is C19H12N4O6. The SMILES string of the molecule is O=[N+]([O-])c1cc(-c2nc3ccccc3n2-c2ccc(O)c([N+](=O)[O-])c2)ccc1O. The van der Waals surface area contributed by atoms with E-state index >= 15 is 0 Å². The summed E-state index contributed by atoms with van der Waals surface area (Å²) in [6.45, 7) is 0. The second kappa shape index (κ2) is 6.60. The van der Waals surface area contributed by atoms with E-state index in [1.165, 1.54) is 36.4 Å². The molecule has 0 aliphatic carbocycles. The van der Waals surface area contributed by atoms with Crippen molar-refractivity contribution in [3.05, 3.63) is 80.9 Å². The topological polar surface area (TPSA) is 145 Å². The fourth-order valence-corrected chi connectivity index (χ4v) is 3.09. The first-order valence-corrected chi connectivity index (χ1v) is 8.30. The van der Waals surface area contributed by atoms with E-state index in [1.54, 1.807) is 28.8 Å². The fourth-order valence-electron chi connectivity index (χ4n) is 3.09. The van der Waals surface area contributed by atoms with E-state index in [2.05, 4.69) is 4.98 Å². The summed E-state index contributed by atoms with van der Waals surface area (Å²) in [7, 11) is 0. The average molecular weight is 392 g/mol. The van der Waals surface area contributed by atoms with Gasteiger partial charge in [0.15, 0.2) is 11.5 Å². The number of imidazole rings is 1. The van der Waals surface area contributed by atoms with Gasteiger partial charge in [0.25, 0.3) is 0 Å². The van der Waals surface area contributed by atoms with Gasteiger partial charge in [0, 0.05) is 17.7 Å². The third-order valence-corrected chi connectivity index (χ3v) is 4.40. The second-order valence-corrected chi connectivity index (χ2v) is 6.15. The Morgan fingerprint density at radius 3 is 2.14 bits per heavy atom. The zero-order valence-corrected chi connectivity index (χ0v) is 14.6. The van der Waals surface area contributed by atoms with Gasteiger partial charge in [-0.3, -0.25) is 24.8 Å². The number of para-hydroxylation sites is 2. The zero-order chi connectivity index (χ0) is 20.7. The number of nitro groups is 2. The molecule has 10 nitrogen and oxygen atoms in total. The Bertz CT molecular complexity index is 1300. The Morgan fingerprint density at radius 1 is 0.828 bits per heavy atom. The van der Waals surface area contributed by atoms with Crippen LogP contribution in [0.2, 0.25) is 0 Å². The normalized spacial score (nSPS) is 10.9. The van der Waals surface area contributed by atoms with Crippen LogP contribution >= 0.6 is 0 Å². The molecule has 2 N–H and O–H groups in total. The second-order valence-electron chi connectivity index (χ2n) is 6.15. The van der Waals surface area contributed by atoms with E-state index in [1.807, 2.05) is 0 Å². The molecule has 0 aliphatic rings. The molecule has 3 aromatic carbocycles. The molecule has 0 spiro atoms. The van der Waals surface area contributed by atoms with Crippen molar-refractivity contribution in [1.82, 2.24) is 9.55 Å². The number of hydrogen-bond acceptors (Lipinski definition) is 7. The standard InChI is InChI=1S/C19H12N4O6/c24-17-7-5-11(9-15(17)22(26)27)19-20-13-3-1-2-4-14(13)21(19)12-6-8-18(25)16(10-12)23(28)29/h1-10,24-25H. The lowest BCUT2D eigenvalue weighted by molar-refractivity contribution is -0.386. The van der Waals surface area contributed by atoms with Crippen LogP contribution in [0.5, 0.6) is 11.5 Å². The molecule has 0 saturated carbocycles. The molecule has 0 aliphatic heterocycles. The molecule has 144 valence electrons. The summed E-state index contributed by atoms with van der Waals surface area (Å²) in [5, 5.41) is 41.9. The lowest BCUT2D eigenvalue weighted by Gasteiger charge is -2.10. The quantitative estimate of drug-likeness (QED) is 0.395. The van der Waals surface area contributed by atoms with Crippen LogP contribution in [0, 0.1) is 20.2 Å². The Kier molecular flexibility index (Phi) is 4.08. The highest BCUT2D eigenvalue weighted by atomic mass is 16.6. The van der Waals surface area contributed by atoms with Crippen LogP contribution < -0.4 is 0 Å². The number of aromatic hydroxyl groups is 2. The maximum absolute atomic E-state index is 11.2. The van der Waals surface area contributed by atoms with Crippen molar-refractivity contribution in [3.63, 3.8) is 0 Å². The van der Waals surface area contributed by atoms with Gasteiger partial charge in [0.1, 0.15) is 5.82 Å². The van der Waals surface area contributed by atoms with Gasteiger partial charge in [-0.15, -0.1) is 0 Å². The maximum atomic E-state index is 11.2. The largest absolute Gasteiger partial charge is 0.502 e. The molecule has 0 saturated heterocycles. The maximum Gasteiger partial charge on any atom is 0.312 e. The van der Waals surface area contributed by atoms with Crippen LogP contribution in [-0.4, -0.2) is 29.6 Å². The minimum absolute atomic E-state index is 0.286. The highest BCUT2D eigenvalue weighted by Crippen LogP contribution is 2.36. The number of nitro benzene ring substituents is 2. The van der Waals surface area contributed by atoms with E-state index in [9.17, 15) is 30.4 Å². The Hall–Kier alpha value is -4.47. The molecule has 29 heavy (non-hydrogen) atoms. The van der Waals surface area contributed by atoms with Crippen molar-refractivity contribution in [2.24, 2.45) is 0 Å². The molecule has 0 unspecified atom stereocenters. The molecule has 4 rings (SSSR count). The van der Waals surface area contributed by atoms with E-state index < -0.39 is 32.7 Å². The highest BCUT2D eigenvalue weighted by molar-refractivity contribution is 5.84. The molecule has 4 aromatic rings. The molecule has 0 amide bonds. The van der Waals surface area contributed by atoms with E-state index in [0.29, 0.717) is 22.3 Å². The Morgan fingerprint density at radius 2 is 1.45 bits per heavy atom. The van der Waals surface area contributed by atoms with Crippen molar-refractivity contribution in [2.75, 3.05) is 0 Å². The minimum atomic E-state index is -0.711. The number of rotatable bonds is 4. The molecule has 0 radical (unpaired) electrons. The van der Waals surface area contributed by atoms with Gasteiger partial charge >= 0.3 is 11.4 Å². The summed E-state index contributed by atoms with van der Waals surface area (Å²) < 4.78 is 1.60. The summed E-state index contributed by atoms with van der Waals surface area (Å²) in [5.74, 6) is -0.680. The van der Waals surface area contributed by atoms with Crippen molar-refractivity contribution in [1.29, 1.82) is 0 Å². The summed E-state index contributed by atoms with van der Waals surface area (Å²) in [5.41, 5.74) is 0.878. The number of phenols is 2. The van der Waals surface area contributed by atoms with Gasteiger partial charge in [-0.05, 0) is 36.4 Å². The van der Waals surface area contributed by atoms with E-state index in [-0.39, 0.29) is 5.82 Å². The first-order valence-electron chi connectivity index (χ1n) is 8.30. The molecule has 1 aromatic heterocycles. The minimum Gasteiger partial charge on any atom is -0.502 e. The summed E-state index contributed by atoms with van der Waals surface area (Å²) in [6.07, 6.45) is 0. The average Bonchev–Trinajstić information content (AvgIpc) is 3.08. The van der Waals surface area contributed by atoms with Crippen molar-refractivity contribution in [2.45, 2.75) is 0 Å². The van der Waals surface area contributed by atoms with E-state index in [0.717, 1.165) is 0 Å². The number of fused-ring (bicyclic) bond motifs is 1. The van der Waals surface area contributed by atoms with E-state index in [4.69, 9.17) is 0 Å². The van der Waals surface area contributed by atoms with Crippen molar-refractivity contribution < 1.29 is 20.1 Å². The molecule has 0 bridgehead atoms. The Labute approximate surface area is 162 Å². The third kappa shape index (κ3) is 2.98. The van der Waals surface area contributed by atoms with Crippen LogP contribution in [0.25, 0.3) is 28.1 Å². The number of benzene rings is 3. The number of hydrogen-bond donors (Lipinski definition) is 2. The van der Waals surface area contributed by atoms with Crippen LogP contribution in [0.3, 0.4) is 0 Å².